The van der Waals surface area contributed by atoms with Gasteiger partial charge in [-0.3, -0.25) is 4.68 Å². The smallest absolute Gasteiger partial charge is 0.341 e. The first-order chi connectivity index (χ1) is 13.0. The van der Waals surface area contributed by atoms with Gasteiger partial charge >= 0.3 is 5.97 Å². The summed E-state index contributed by atoms with van der Waals surface area (Å²) in [4.78, 5) is 12.3. The second-order valence-corrected chi connectivity index (χ2v) is 6.52. The number of esters is 1. The third-order valence-corrected chi connectivity index (χ3v) is 4.70. The number of hydrogen-bond donors (Lipinski definition) is 0. The van der Waals surface area contributed by atoms with Gasteiger partial charge in [-0.2, -0.15) is 5.10 Å². The predicted octanol–water partition coefficient (Wildman–Crippen LogP) is 5.15. The van der Waals surface area contributed by atoms with Crippen LogP contribution >= 0.6 is 15.9 Å². The van der Waals surface area contributed by atoms with E-state index in [2.05, 4.69) is 21.0 Å². The van der Waals surface area contributed by atoms with Crippen molar-refractivity contribution < 1.29 is 23.0 Å². The van der Waals surface area contributed by atoms with Crippen LogP contribution < -0.4 is 0 Å². The maximum atomic E-state index is 14.6. The summed E-state index contributed by atoms with van der Waals surface area (Å²) in [6.45, 7) is 6.96. The van der Waals surface area contributed by atoms with Gasteiger partial charge in [0, 0.05) is 18.8 Å². The van der Waals surface area contributed by atoms with Crippen molar-refractivity contribution in [2.24, 2.45) is 0 Å². The number of halogens is 3. The van der Waals surface area contributed by atoms with Gasteiger partial charge < -0.3 is 9.47 Å². The van der Waals surface area contributed by atoms with Crippen molar-refractivity contribution in [3.8, 4) is 11.3 Å². The Hall–Kier alpha value is -1.80. The lowest BCUT2D eigenvalue weighted by Gasteiger charge is -2.24. The molecule has 0 unspecified atom stereocenters. The van der Waals surface area contributed by atoms with Crippen LogP contribution in [-0.4, -0.2) is 35.6 Å². The Bertz CT molecular complexity index is 790. The highest BCUT2D eigenvalue weighted by molar-refractivity contribution is 9.10. The van der Waals surface area contributed by atoms with Gasteiger partial charge in [0.05, 0.1) is 29.0 Å². The van der Waals surface area contributed by atoms with E-state index >= 15 is 0 Å². The molecule has 1 aromatic carbocycles. The molecule has 0 saturated carbocycles. The molecule has 2 heterocycles. The molecule has 1 aromatic heterocycles. The van der Waals surface area contributed by atoms with Crippen LogP contribution in [0.25, 0.3) is 11.3 Å². The summed E-state index contributed by atoms with van der Waals surface area (Å²) in [5.41, 5.74) is 0.330. The lowest BCUT2D eigenvalue weighted by atomic mass is 10.0. The molecule has 0 radical (unpaired) electrons. The number of hydrogen-bond acceptors (Lipinski definition) is 4. The molecule has 1 fully saturated rings. The average Bonchev–Trinajstić information content (AvgIpc) is 3.12. The van der Waals surface area contributed by atoms with E-state index in [1.165, 1.54) is 6.20 Å². The predicted molar refractivity (Wildman–Crippen MR) is 102 cm³/mol. The van der Waals surface area contributed by atoms with Crippen LogP contribution in [0.3, 0.4) is 0 Å². The van der Waals surface area contributed by atoms with Crippen molar-refractivity contribution in [3.05, 3.63) is 40.0 Å². The van der Waals surface area contributed by atoms with Gasteiger partial charge in [-0.15, -0.1) is 0 Å². The van der Waals surface area contributed by atoms with Crippen molar-refractivity contribution in [2.75, 3.05) is 19.8 Å². The third-order valence-electron chi connectivity index (χ3n) is 4.09. The van der Waals surface area contributed by atoms with Gasteiger partial charge in [-0.25, -0.2) is 13.6 Å². The van der Waals surface area contributed by atoms with Crippen molar-refractivity contribution in [1.82, 2.24) is 9.78 Å². The van der Waals surface area contributed by atoms with Crippen LogP contribution in [0.5, 0.6) is 0 Å². The summed E-state index contributed by atoms with van der Waals surface area (Å²) in [6.07, 6.45) is 2.71. The van der Waals surface area contributed by atoms with E-state index in [1.54, 1.807) is 11.6 Å². The molecular weight excluding hydrogens is 422 g/mol. The van der Waals surface area contributed by atoms with Gasteiger partial charge in [0.25, 0.3) is 0 Å². The first-order valence-electron chi connectivity index (χ1n) is 9.00. The highest BCUT2D eigenvalue weighted by Crippen LogP contribution is 2.34. The lowest BCUT2D eigenvalue weighted by Crippen LogP contribution is -2.21. The fourth-order valence-corrected chi connectivity index (χ4v) is 3.21. The van der Waals surface area contributed by atoms with Crippen LogP contribution in [0.1, 0.15) is 50.0 Å². The zero-order valence-corrected chi connectivity index (χ0v) is 17.2. The minimum atomic E-state index is -0.646. The van der Waals surface area contributed by atoms with E-state index in [0.29, 0.717) is 26.1 Å². The molecule has 27 heavy (non-hydrogen) atoms. The Morgan fingerprint density at radius 1 is 1.30 bits per heavy atom. The quantitative estimate of drug-likeness (QED) is 0.483. The van der Waals surface area contributed by atoms with Crippen LogP contribution in [0.2, 0.25) is 0 Å². The van der Waals surface area contributed by atoms with E-state index in [0.717, 1.165) is 12.1 Å². The largest absolute Gasteiger partial charge is 0.462 e. The van der Waals surface area contributed by atoms with Crippen LogP contribution in [0.4, 0.5) is 8.78 Å². The van der Waals surface area contributed by atoms with Gasteiger partial charge in [0.15, 0.2) is 0 Å². The Balaban J connectivity index is 0.00000126. The van der Waals surface area contributed by atoms with Crippen molar-refractivity contribution in [2.45, 2.75) is 39.7 Å². The first kappa shape index (κ1) is 21.5. The number of carbonyl (C=O) groups is 1. The minimum Gasteiger partial charge on any atom is -0.462 e. The summed E-state index contributed by atoms with van der Waals surface area (Å²) < 4.78 is 40.6. The lowest BCUT2D eigenvalue weighted by molar-refractivity contribution is 0.0526. The molecule has 8 heteroatoms. The van der Waals surface area contributed by atoms with Gasteiger partial charge in [-0.1, -0.05) is 13.8 Å². The van der Waals surface area contributed by atoms with Gasteiger partial charge in [0.2, 0.25) is 0 Å². The molecule has 0 N–H and O–H groups in total. The van der Waals surface area contributed by atoms with Crippen LogP contribution in [-0.2, 0) is 9.47 Å². The van der Waals surface area contributed by atoms with Gasteiger partial charge in [-0.05, 0) is 47.8 Å². The molecule has 0 spiro atoms. The van der Waals surface area contributed by atoms with E-state index in [9.17, 15) is 13.6 Å². The minimum absolute atomic E-state index is 0.0172. The zero-order chi connectivity index (χ0) is 20.0. The maximum absolute atomic E-state index is 14.6. The summed E-state index contributed by atoms with van der Waals surface area (Å²) in [5, 5.41) is 4.27. The molecule has 1 aliphatic heterocycles. The second-order valence-electron chi connectivity index (χ2n) is 5.66. The topological polar surface area (TPSA) is 53.3 Å². The monoisotopic (exact) mass is 444 g/mol. The van der Waals surface area contributed by atoms with Crippen molar-refractivity contribution in [3.63, 3.8) is 0 Å². The van der Waals surface area contributed by atoms with Crippen molar-refractivity contribution in [1.29, 1.82) is 0 Å². The van der Waals surface area contributed by atoms with Crippen LogP contribution in [0.15, 0.2) is 22.8 Å². The summed E-state index contributed by atoms with van der Waals surface area (Å²) in [7, 11) is 0. The second kappa shape index (κ2) is 9.94. The highest BCUT2D eigenvalue weighted by Gasteiger charge is 2.28. The van der Waals surface area contributed by atoms with E-state index in [4.69, 9.17) is 9.47 Å². The third kappa shape index (κ3) is 4.73. The zero-order valence-electron chi connectivity index (χ0n) is 15.6. The maximum Gasteiger partial charge on any atom is 0.341 e. The normalized spacial score (nSPS) is 14.4. The number of nitrogens with zero attached hydrogens (tertiary/aromatic N) is 2. The van der Waals surface area contributed by atoms with E-state index in [-0.39, 0.29) is 33.9 Å². The summed E-state index contributed by atoms with van der Waals surface area (Å²) in [6, 6.07) is 2.05. The molecule has 0 amide bonds. The summed E-state index contributed by atoms with van der Waals surface area (Å²) in [5.74, 6) is -1.88. The van der Waals surface area contributed by atoms with E-state index in [1.807, 2.05) is 13.8 Å². The molecule has 3 rings (SSSR count). The number of aromatic nitrogens is 2. The molecule has 1 saturated heterocycles. The molecule has 5 nitrogen and oxygen atoms in total. The van der Waals surface area contributed by atoms with Gasteiger partial charge in [0.1, 0.15) is 17.2 Å². The number of benzene rings is 1. The van der Waals surface area contributed by atoms with E-state index < -0.39 is 17.6 Å². The fraction of sp³-hybridized carbons (Fsp3) is 0.474. The molecule has 2 aromatic rings. The molecule has 1 aliphatic rings. The molecule has 148 valence electrons. The molecular formula is C19H23BrF2N2O3. The molecule has 0 bridgehead atoms. The fourth-order valence-electron chi connectivity index (χ4n) is 2.90. The Labute approximate surface area is 165 Å². The Morgan fingerprint density at radius 3 is 2.59 bits per heavy atom. The molecule has 0 aliphatic carbocycles. The summed E-state index contributed by atoms with van der Waals surface area (Å²) >= 11 is 2.97. The highest BCUT2D eigenvalue weighted by atomic mass is 79.9. The first-order valence-corrected chi connectivity index (χ1v) is 9.79. The number of rotatable bonds is 4. The molecule has 0 atom stereocenters. The Kier molecular flexibility index (Phi) is 7.91. The number of carbonyl (C=O) groups excluding carboxylic acids is 1. The van der Waals surface area contributed by atoms with Crippen LogP contribution in [0, 0.1) is 11.6 Å². The number of ether oxygens (including phenoxy) is 2. The Morgan fingerprint density at radius 2 is 1.96 bits per heavy atom. The average molecular weight is 445 g/mol. The standard InChI is InChI=1S/C17H17BrF2N2O3.C2H6/c1-2-25-17(23)12-9-21-22(10-3-5-24-6-4-10)16(12)11-7-15(20)13(18)8-14(11)19;1-2/h7-10H,2-6H2,1H3;1-2H3. The SMILES string of the molecule is CC.CCOC(=O)c1cnn(C2CCOCC2)c1-c1cc(F)c(Br)cc1F. The van der Waals surface area contributed by atoms with Crippen molar-refractivity contribution >= 4 is 21.9 Å².